The summed E-state index contributed by atoms with van der Waals surface area (Å²) in [5.74, 6) is 1.29. The molecule has 8 nitrogen and oxygen atoms in total. The van der Waals surface area contributed by atoms with E-state index in [1.54, 1.807) is 69.7 Å². The number of carbonyl (C=O) groups excluding carboxylic acids is 1. The van der Waals surface area contributed by atoms with Gasteiger partial charge in [0.15, 0.2) is 18.1 Å². The van der Waals surface area contributed by atoms with Gasteiger partial charge >= 0.3 is 0 Å². The maximum Gasteiger partial charge on any atom is 0.261 e. The Morgan fingerprint density at radius 3 is 2.24 bits per heavy atom. The van der Waals surface area contributed by atoms with Crippen molar-refractivity contribution in [2.45, 2.75) is 24.8 Å². The van der Waals surface area contributed by atoms with E-state index in [2.05, 4.69) is 10.0 Å². The van der Waals surface area contributed by atoms with Crippen molar-refractivity contribution in [3.8, 4) is 17.2 Å². The molecule has 0 fully saturated rings. The van der Waals surface area contributed by atoms with E-state index in [9.17, 15) is 13.2 Å². The van der Waals surface area contributed by atoms with Crippen molar-refractivity contribution in [1.29, 1.82) is 0 Å². The van der Waals surface area contributed by atoms with Gasteiger partial charge in [-0.2, -0.15) is 0 Å². The summed E-state index contributed by atoms with van der Waals surface area (Å²) in [5, 5.41) is 2.87. The molecule has 0 spiro atoms. The average Bonchev–Trinajstić information content (AvgIpc) is 2.83. The molecule has 0 heterocycles. The van der Waals surface area contributed by atoms with Gasteiger partial charge in [-0.05, 0) is 67.4 Å². The Labute approximate surface area is 199 Å². The number of methoxy groups -OCH3 is 2. The van der Waals surface area contributed by atoms with Crippen molar-refractivity contribution in [3.05, 3.63) is 77.9 Å². The van der Waals surface area contributed by atoms with Crippen molar-refractivity contribution >= 4 is 21.6 Å². The molecule has 0 radical (unpaired) electrons. The molecular formula is C25H28N2O6S. The number of aryl methyl sites for hydroxylation is 1. The first-order valence-electron chi connectivity index (χ1n) is 10.6. The number of benzene rings is 3. The standard InChI is InChI=1S/C25H28N2O6S/c1-17-14-21(34(29,30)27-20-8-6-5-7-9-20)11-13-22(17)33-16-25(28)26-18(2)19-10-12-23(31-3)24(15-19)32-4/h5-15,18,27H,16H2,1-4H3,(H,26,28). The molecule has 3 aromatic rings. The van der Waals surface area contributed by atoms with Crippen LogP contribution in [0.4, 0.5) is 5.69 Å². The van der Waals surface area contributed by atoms with Gasteiger partial charge in [0.2, 0.25) is 0 Å². The molecular weight excluding hydrogens is 456 g/mol. The number of carbonyl (C=O) groups is 1. The monoisotopic (exact) mass is 484 g/mol. The van der Waals surface area contributed by atoms with Crippen LogP contribution >= 0.6 is 0 Å². The van der Waals surface area contributed by atoms with Gasteiger partial charge in [0.05, 0.1) is 25.2 Å². The van der Waals surface area contributed by atoms with Crippen LogP contribution in [0.1, 0.15) is 24.1 Å². The molecule has 0 saturated carbocycles. The van der Waals surface area contributed by atoms with Gasteiger partial charge in [-0.15, -0.1) is 0 Å². The zero-order chi connectivity index (χ0) is 24.7. The SMILES string of the molecule is COc1ccc(C(C)NC(=O)COc2ccc(S(=O)(=O)Nc3ccccc3)cc2C)cc1OC. The van der Waals surface area contributed by atoms with Crippen LogP contribution in [-0.2, 0) is 14.8 Å². The fourth-order valence-electron chi connectivity index (χ4n) is 3.30. The highest BCUT2D eigenvalue weighted by molar-refractivity contribution is 7.92. The molecule has 1 unspecified atom stereocenters. The Balaban J connectivity index is 1.60. The first-order valence-corrected chi connectivity index (χ1v) is 12.0. The topological polar surface area (TPSA) is 103 Å². The lowest BCUT2D eigenvalue weighted by atomic mass is 10.1. The van der Waals surface area contributed by atoms with Gasteiger partial charge in [0.1, 0.15) is 5.75 Å². The minimum Gasteiger partial charge on any atom is -0.493 e. The number of hydrogen-bond donors (Lipinski definition) is 2. The van der Waals surface area contributed by atoms with Crippen LogP contribution in [-0.4, -0.2) is 35.2 Å². The molecule has 0 aromatic heterocycles. The third-order valence-electron chi connectivity index (χ3n) is 5.13. The molecule has 0 aliphatic heterocycles. The molecule has 0 saturated heterocycles. The molecule has 3 aromatic carbocycles. The molecule has 2 N–H and O–H groups in total. The summed E-state index contributed by atoms with van der Waals surface area (Å²) in [6.07, 6.45) is 0. The number of ether oxygens (including phenoxy) is 3. The van der Waals surface area contributed by atoms with E-state index in [4.69, 9.17) is 14.2 Å². The number of para-hydroxylation sites is 1. The molecule has 1 atom stereocenters. The third kappa shape index (κ3) is 6.20. The Morgan fingerprint density at radius 2 is 1.59 bits per heavy atom. The lowest BCUT2D eigenvalue weighted by Gasteiger charge is -2.17. The van der Waals surface area contributed by atoms with Crippen molar-refractivity contribution in [3.63, 3.8) is 0 Å². The Morgan fingerprint density at radius 1 is 0.912 bits per heavy atom. The molecule has 0 bridgehead atoms. The quantitative estimate of drug-likeness (QED) is 0.450. The largest absolute Gasteiger partial charge is 0.493 e. The van der Waals surface area contributed by atoms with Crippen LogP contribution in [0.3, 0.4) is 0 Å². The Kier molecular flexibility index (Phi) is 8.01. The van der Waals surface area contributed by atoms with E-state index in [1.165, 1.54) is 12.1 Å². The number of anilines is 1. The predicted octanol–water partition coefficient (Wildman–Crippen LogP) is 4.07. The van der Waals surface area contributed by atoms with E-state index in [0.717, 1.165) is 5.56 Å². The van der Waals surface area contributed by atoms with Crippen molar-refractivity contribution in [2.24, 2.45) is 0 Å². The summed E-state index contributed by atoms with van der Waals surface area (Å²) in [6.45, 7) is 3.36. The van der Waals surface area contributed by atoms with Gasteiger partial charge in [-0.25, -0.2) is 8.42 Å². The predicted molar refractivity (Wildman–Crippen MR) is 130 cm³/mol. The van der Waals surface area contributed by atoms with Gasteiger partial charge in [0, 0.05) is 5.69 Å². The summed E-state index contributed by atoms with van der Waals surface area (Å²) in [5.41, 5.74) is 1.92. The van der Waals surface area contributed by atoms with Crippen LogP contribution < -0.4 is 24.2 Å². The van der Waals surface area contributed by atoms with Crippen molar-refractivity contribution in [1.82, 2.24) is 5.32 Å². The Bertz CT molecular complexity index is 1250. The zero-order valence-electron chi connectivity index (χ0n) is 19.5. The van der Waals surface area contributed by atoms with Crippen LogP contribution in [0.25, 0.3) is 0 Å². The van der Waals surface area contributed by atoms with Crippen LogP contribution in [0.15, 0.2) is 71.6 Å². The van der Waals surface area contributed by atoms with Gasteiger partial charge in [-0.1, -0.05) is 24.3 Å². The van der Waals surface area contributed by atoms with E-state index >= 15 is 0 Å². The second kappa shape index (κ2) is 10.9. The number of amides is 1. The normalized spacial score (nSPS) is 11.9. The maximum absolute atomic E-state index is 12.6. The molecule has 3 rings (SSSR count). The molecule has 0 aliphatic rings. The molecule has 34 heavy (non-hydrogen) atoms. The van der Waals surface area contributed by atoms with Gasteiger partial charge in [0.25, 0.3) is 15.9 Å². The van der Waals surface area contributed by atoms with Gasteiger partial charge in [-0.3, -0.25) is 9.52 Å². The Hall–Kier alpha value is -3.72. The molecule has 180 valence electrons. The lowest BCUT2D eigenvalue weighted by Crippen LogP contribution is -2.31. The number of hydrogen-bond acceptors (Lipinski definition) is 6. The van der Waals surface area contributed by atoms with E-state index in [-0.39, 0.29) is 23.5 Å². The van der Waals surface area contributed by atoms with E-state index < -0.39 is 10.0 Å². The summed E-state index contributed by atoms with van der Waals surface area (Å²) in [6, 6.07) is 18.3. The van der Waals surface area contributed by atoms with Gasteiger partial charge < -0.3 is 19.5 Å². The fraction of sp³-hybridized carbons (Fsp3) is 0.240. The molecule has 9 heteroatoms. The number of rotatable bonds is 10. The second-order valence-corrected chi connectivity index (χ2v) is 9.27. The summed E-state index contributed by atoms with van der Waals surface area (Å²) >= 11 is 0. The number of sulfonamides is 1. The average molecular weight is 485 g/mol. The fourth-order valence-corrected chi connectivity index (χ4v) is 4.45. The maximum atomic E-state index is 12.6. The number of nitrogens with one attached hydrogen (secondary N) is 2. The zero-order valence-corrected chi connectivity index (χ0v) is 20.3. The lowest BCUT2D eigenvalue weighted by molar-refractivity contribution is -0.123. The summed E-state index contributed by atoms with van der Waals surface area (Å²) < 4.78 is 44.0. The highest BCUT2D eigenvalue weighted by atomic mass is 32.2. The van der Waals surface area contributed by atoms with Crippen LogP contribution in [0.5, 0.6) is 17.2 Å². The highest BCUT2D eigenvalue weighted by Gasteiger charge is 2.17. The smallest absolute Gasteiger partial charge is 0.261 e. The van der Waals surface area contributed by atoms with Crippen LogP contribution in [0.2, 0.25) is 0 Å². The van der Waals surface area contributed by atoms with Crippen molar-refractivity contribution in [2.75, 3.05) is 25.5 Å². The van der Waals surface area contributed by atoms with E-state index in [1.807, 2.05) is 13.0 Å². The van der Waals surface area contributed by atoms with Crippen molar-refractivity contribution < 1.29 is 27.4 Å². The minimum absolute atomic E-state index is 0.104. The first kappa shape index (κ1) is 24.9. The molecule has 0 aliphatic carbocycles. The first-order chi connectivity index (χ1) is 16.2. The van der Waals surface area contributed by atoms with E-state index in [0.29, 0.717) is 28.5 Å². The minimum atomic E-state index is -3.75. The van der Waals surface area contributed by atoms with Crippen LogP contribution in [0, 0.1) is 6.92 Å². The third-order valence-corrected chi connectivity index (χ3v) is 6.51. The highest BCUT2D eigenvalue weighted by Crippen LogP contribution is 2.30. The molecule has 1 amide bonds. The summed E-state index contributed by atoms with van der Waals surface area (Å²) in [7, 11) is -0.635. The summed E-state index contributed by atoms with van der Waals surface area (Å²) in [4.78, 5) is 12.5. The second-order valence-electron chi connectivity index (χ2n) is 7.59.